The Labute approximate surface area is 81.5 Å². The molecule has 0 heterocycles. The van der Waals surface area contributed by atoms with Crippen molar-refractivity contribution in [3.8, 4) is 5.75 Å². The van der Waals surface area contributed by atoms with Gasteiger partial charge in [-0.25, -0.2) is 0 Å². The van der Waals surface area contributed by atoms with Crippen LogP contribution in [0.3, 0.4) is 0 Å². The van der Waals surface area contributed by atoms with Gasteiger partial charge in [0.2, 0.25) is 5.39 Å². The maximum atomic E-state index is 10.9. The Bertz CT molecular complexity index is 456. The lowest BCUT2D eigenvalue weighted by molar-refractivity contribution is -0.393. The van der Waals surface area contributed by atoms with Crippen molar-refractivity contribution in [3.63, 3.8) is 0 Å². The average Bonchev–Trinajstić information content (AvgIpc) is 2.16. The SMILES string of the molecule is N#[N+]c1c([N+](=O)[O-])cc([O-])cc1[N+](=O)[O-]. The number of rotatable bonds is 2. The summed E-state index contributed by atoms with van der Waals surface area (Å²) < 4.78 is 0. The Morgan fingerprint density at radius 2 is 1.53 bits per heavy atom. The minimum atomic E-state index is -1.04. The van der Waals surface area contributed by atoms with Crippen molar-refractivity contribution in [2.45, 2.75) is 0 Å². The minimum absolute atomic E-state index is 0.544. The largest absolute Gasteiger partial charge is 0.872 e. The molecule has 1 aromatic rings. The molecule has 0 radical (unpaired) electrons. The molecule has 0 fully saturated rings. The molecule has 9 heteroatoms. The van der Waals surface area contributed by atoms with E-state index in [0.29, 0.717) is 12.1 Å². The Kier molecular flexibility index (Phi) is 2.44. The van der Waals surface area contributed by atoms with Crippen molar-refractivity contribution in [2.75, 3.05) is 0 Å². The van der Waals surface area contributed by atoms with Crippen LogP contribution >= 0.6 is 0 Å². The highest BCUT2D eigenvalue weighted by atomic mass is 16.6. The summed E-state index contributed by atoms with van der Waals surface area (Å²) in [5.41, 5.74) is -2.65. The highest BCUT2D eigenvalue weighted by molar-refractivity contribution is 5.75. The predicted molar refractivity (Wildman–Crippen MR) is 43.9 cm³/mol. The predicted octanol–water partition coefficient (Wildman–Crippen LogP) is 1.06. The molecule has 0 aliphatic rings. The van der Waals surface area contributed by atoms with E-state index in [1.54, 1.807) is 0 Å². The zero-order valence-electron chi connectivity index (χ0n) is 6.98. The molecule has 0 aromatic heterocycles. The average molecular weight is 210 g/mol. The molecular weight excluding hydrogens is 208 g/mol. The summed E-state index contributed by atoms with van der Waals surface area (Å²) in [5.74, 6) is -0.902. The Morgan fingerprint density at radius 1 is 1.13 bits per heavy atom. The molecule has 9 nitrogen and oxygen atoms in total. The fourth-order valence-corrected chi connectivity index (χ4v) is 0.960. The minimum Gasteiger partial charge on any atom is -0.872 e. The molecule has 0 saturated heterocycles. The summed E-state index contributed by atoms with van der Waals surface area (Å²) in [6.45, 7) is 0. The van der Waals surface area contributed by atoms with E-state index in [2.05, 4.69) is 4.98 Å². The molecule has 1 aromatic carbocycles. The van der Waals surface area contributed by atoms with Crippen LogP contribution in [-0.2, 0) is 0 Å². The van der Waals surface area contributed by atoms with Crippen LogP contribution in [0.4, 0.5) is 17.1 Å². The van der Waals surface area contributed by atoms with Gasteiger partial charge in [0, 0.05) is 12.1 Å². The lowest BCUT2D eigenvalue weighted by Crippen LogP contribution is -1.97. The van der Waals surface area contributed by atoms with Crippen molar-refractivity contribution < 1.29 is 15.0 Å². The monoisotopic (exact) mass is 210 g/mol. The van der Waals surface area contributed by atoms with Gasteiger partial charge in [0.25, 0.3) is 0 Å². The number of diazo groups is 1. The molecule has 0 amide bonds. The fraction of sp³-hybridized carbons (Fsp3) is 0. The van der Waals surface area contributed by atoms with E-state index in [1.807, 2.05) is 0 Å². The van der Waals surface area contributed by atoms with Gasteiger partial charge in [-0.05, 0) is 0 Å². The molecule has 0 N–H and O–H groups in total. The molecule has 1 rings (SSSR count). The van der Waals surface area contributed by atoms with Gasteiger partial charge >= 0.3 is 17.1 Å². The van der Waals surface area contributed by atoms with Gasteiger partial charge in [0.05, 0.1) is 9.85 Å². The first-order chi connectivity index (χ1) is 6.97. The van der Waals surface area contributed by atoms with Crippen molar-refractivity contribution in [2.24, 2.45) is 0 Å². The zero-order valence-corrected chi connectivity index (χ0v) is 6.98. The Hall–Kier alpha value is -2.76. The van der Waals surface area contributed by atoms with Crippen LogP contribution in [0.2, 0.25) is 0 Å². The summed E-state index contributed by atoms with van der Waals surface area (Å²) in [5, 5.41) is 40.0. The molecule has 0 spiro atoms. The first kappa shape index (κ1) is 10.3. The van der Waals surface area contributed by atoms with Crippen molar-refractivity contribution in [1.29, 1.82) is 5.39 Å². The van der Waals surface area contributed by atoms with Crippen molar-refractivity contribution in [1.82, 2.24) is 0 Å². The Morgan fingerprint density at radius 3 is 1.80 bits per heavy atom. The zero-order chi connectivity index (χ0) is 11.6. The summed E-state index contributed by atoms with van der Waals surface area (Å²) in [4.78, 5) is 21.1. The molecule has 0 unspecified atom stereocenters. The van der Waals surface area contributed by atoms with Crippen molar-refractivity contribution >= 4 is 17.1 Å². The highest BCUT2D eigenvalue weighted by Crippen LogP contribution is 2.39. The number of nitro benzene ring substituents is 2. The van der Waals surface area contributed by atoms with E-state index < -0.39 is 32.7 Å². The number of hydrogen-bond acceptors (Lipinski definition) is 6. The Balaban J connectivity index is 3.62. The van der Waals surface area contributed by atoms with Crippen LogP contribution in [0.5, 0.6) is 5.75 Å². The number of nitrogens with zero attached hydrogens (tertiary/aromatic N) is 4. The van der Waals surface area contributed by atoms with Crippen LogP contribution in [0, 0.1) is 25.6 Å². The summed E-state index contributed by atoms with van der Waals surface area (Å²) in [6, 6.07) is 1.09. The van der Waals surface area contributed by atoms with E-state index in [0.717, 1.165) is 0 Å². The van der Waals surface area contributed by atoms with E-state index >= 15 is 0 Å². The molecular formula is C6H2N4O5. The molecule has 0 bridgehead atoms. The molecule has 0 saturated carbocycles. The summed E-state index contributed by atoms with van der Waals surface area (Å²) in [6.07, 6.45) is 0. The molecule has 76 valence electrons. The first-order valence-electron chi connectivity index (χ1n) is 3.46. The molecule has 0 aliphatic carbocycles. The third-order valence-corrected chi connectivity index (χ3v) is 1.54. The standard InChI is InChI=1S/C6H2N4O5/c7-8-6-4(9(12)13)1-3(11)2-5(6)10(14)15/h1-2H. The molecule has 0 atom stereocenters. The van der Waals surface area contributed by atoms with Crippen LogP contribution in [0.15, 0.2) is 12.1 Å². The topological polar surface area (TPSA) is 137 Å². The number of nitro groups is 2. The third kappa shape index (κ3) is 1.78. The lowest BCUT2D eigenvalue weighted by Gasteiger charge is -2.01. The molecule has 15 heavy (non-hydrogen) atoms. The van der Waals surface area contributed by atoms with Gasteiger partial charge in [-0.15, -0.1) is 0 Å². The molecule has 0 aliphatic heterocycles. The van der Waals surface area contributed by atoms with Gasteiger partial charge in [0.1, 0.15) is 0 Å². The van der Waals surface area contributed by atoms with Crippen molar-refractivity contribution in [3.05, 3.63) is 37.3 Å². The normalized spacial score (nSPS) is 9.27. The van der Waals surface area contributed by atoms with Gasteiger partial charge < -0.3 is 5.11 Å². The maximum Gasteiger partial charge on any atom is 0.536 e. The van der Waals surface area contributed by atoms with Crippen LogP contribution in [-0.4, -0.2) is 9.85 Å². The third-order valence-electron chi connectivity index (χ3n) is 1.54. The number of hydrogen-bond donors (Lipinski definition) is 0. The van der Waals surface area contributed by atoms with Gasteiger partial charge in [0.15, 0.2) is 4.98 Å². The maximum absolute atomic E-state index is 10.9. The lowest BCUT2D eigenvalue weighted by atomic mass is 10.2. The second kappa shape index (κ2) is 3.54. The fourth-order valence-electron chi connectivity index (χ4n) is 0.960. The summed E-state index contributed by atoms with van der Waals surface area (Å²) in [7, 11) is 0. The van der Waals surface area contributed by atoms with Crippen LogP contribution < -0.4 is 5.11 Å². The van der Waals surface area contributed by atoms with Gasteiger partial charge in [-0.2, -0.15) is 0 Å². The van der Waals surface area contributed by atoms with E-state index in [9.17, 15) is 25.3 Å². The second-order valence-electron chi connectivity index (χ2n) is 2.42. The highest BCUT2D eigenvalue weighted by Gasteiger charge is 2.36. The van der Waals surface area contributed by atoms with Gasteiger partial charge in [-0.1, -0.05) is 5.75 Å². The quantitative estimate of drug-likeness (QED) is 0.406. The van der Waals surface area contributed by atoms with E-state index in [-0.39, 0.29) is 0 Å². The van der Waals surface area contributed by atoms with E-state index in [1.165, 1.54) is 0 Å². The first-order valence-corrected chi connectivity index (χ1v) is 3.46. The number of benzene rings is 1. The summed E-state index contributed by atoms with van der Waals surface area (Å²) >= 11 is 0. The van der Waals surface area contributed by atoms with Crippen LogP contribution in [0.25, 0.3) is 4.98 Å². The van der Waals surface area contributed by atoms with Crippen LogP contribution in [0.1, 0.15) is 0 Å². The van der Waals surface area contributed by atoms with Gasteiger partial charge in [-0.3, -0.25) is 20.2 Å². The van der Waals surface area contributed by atoms with E-state index in [4.69, 9.17) is 5.39 Å². The second-order valence-corrected chi connectivity index (χ2v) is 2.42. The smallest absolute Gasteiger partial charge is 0.536 e.